The van der Waals surface area contributed by atoms with Crippen molar-refractivity contribution < 1.29 is 18.7 Å². The molecule has 0 aliphatic carbocycles. The summed E-state index contributed by atoms with van der Waals surface area (Å²) in [6, 6.07) is 7.48. The van der Waals surface area contributed by atoms with Crippen LogP contribution in [0.15, 0.2) is 36.4 Å². The molecule has 0 spiro atoms. The molecule has 0 aliphatic heterocycles. The third-order valence-corrected chi connectivity index (χ3v) is 2.85. The molecule has 3 aromatic rings. The van der Waals surface area contributed by atoms with Crippen molar-refractivity contribution in [3.63, 3.8) is 0 Å². The second-order valence-electron chi connectivity index (χ2n) is 4.08. The number of nitrogens with zero attached hydrogens (tertiary/aromatic N) is 3. The van der Waals surface area contributed by atoms with Crippen molar-refractivity contribution >= 4 is 17.0 Å². The summed E-state index contributed by atoms with van der Waals surface area (Å²) in [7, 11) is 0. The maximum absolute atomic E-state index is 13.8. The fourth-order valence-electron chi connectivity index (χ4n) is 1.95. The Hall–Kier alpha value is -2.83. The van der Waals surface area contributed by atoms with Crippen molar-refractivity contribution in [1.29, 1.82) is 0 Å². The van der Waals surface area contributed by atoms with Gasteiger partial charge in [0.05, 0.1) is 11.1 Å². The number of fused-ring (bicyclic) bond motifs is 1. The molecule has 0 bridgehead atoms. The Bertz CT molecular complexity index is 830. The molecule has 0 amide bonds. The normalized spacial score (nSPS) is 10.9. The number of halogens is 2. The minimum absolute atomic E-state index is 0.00330. The number of hydrogen-bond acceptors (Lipinski definition) is 3. The second-order valence-corrected chi connectivity index (χ2v) is 4.08. The van der Waals surface area contributed by atoms with Crippen molar-refractivity contribution in [3.05, 3.63) is 53.6 Å². The van der Waals surface area contributed by atoms with Gasteiger partial charge in [-0.2, -0.15) is 0 Å². The highest BCUT2D eigenvalue weighted by Gasteiger charge is 2.16. The summed E-state index contributed by atoms with van der Waals surface area (Å²) in [6.45, 7) is 0. The molecule has 1 aromatic heterocycles. The van der Waals surface area contributed by atoms with Crippen LogP contribution in [-0.2, 0) is 0 Å². The van der Waals surface area contributed by atoms with Gasteiger partial charge in [-0.1, -0.05) is 11.3 Å². The maximum Gasteiger partial charge on any atom is 0.338 e. The average Bonchev–Trinajstić information content (AvgIpc) is 2.82. The number of rotatable bonds is 2. The zero-order chi connectivity index (χ0) is 14.3. The first kappa shape index (κ1) is 12.2. The molecule has 20 heavy (non-hydrogen) atoms. The van der Waals surface area contributed by atoms with E-state index >= 15 is 0 Å². The van der Waals surface area contributed by atoms with E-state index in [9.17, 15) is 13.6 Å². The van der Waals surface area contributed by atoms with Gasteiger partial charge in [0.25, 0.3) is 0 Å². The van der Waals surface area contributed by atoms with Crippen molar-refractivity contribution in [2.75, 3.05) is 0 Å². The van der Waals surface area contributed by atoms with Crippen LogP contribution >= 0.6 is 0 Å². The summed E-state index contributed by atoms with van der Waals surface area (Å²) < 4.78 is 27.8. The number of aromatic nitrogens is 3. The molecule has 0 radical (unpaired) electrons. The van der Waals surface area contributed by atoms with Crippen LogP contribution in [0.2, 0.25) is 0 Å². The fourth-order valence-corrected chi connectivity index (χ4v) is 1.95. The molecule has 7 heteroatoms. The Kier molecular flexibility index (Phi) is 2.67. The van der Waals surface area contributed by atoms with Gasteiger partial charge in [-0.15, -0.1) is 5.10 Å². The lowest BCUT2D eigenvalue weighted by molar-refractivity contribution is 0.0699. The molecular formula is C13H7F2N3O2. The molecule has 3 rings (SSSR count). The van der Waals surface area contributed by atoms with Crippen LogP contribution in [0.5, 0.6) is 0 Å². The number of carbonyl (C=O) groups is 1. The highest BCUT2D eigenvalue weighted by Crippen LogP contribution is 2.21. The van der Waals surface area contributed by atoms with Crippen molar-refractivity contribution in [3.8, 4) is 5.69 Å². The topological polar surface area (TPSA) is 68.0 Å². The fraction of sp³-hybridized carbons (Fsp3) is 0. The van der Waals surface area contributed by atoms with Gasteiger partial charge in [0, 0.05) is 6.07 Å². The molecular weight excluding hydrogens is 268 g/mol. The van der Waals surface area contributed by atoms with Crippen molar-refractivity contribution in [1.82, 2.24) is 15.0 Å². The summed E-state index contributed by atoms with van der Waals surface area (Å²) >= 11 is 0. The first-order valence-corrected chi connectivity index (χ1v) is 5.61. The van der Waals surface area contributed by atoms with E-state index in [0.717, 1.165) is 16.8 Å². The van der Waals surface area contributed by atoms with Gasteiger partial charge in [0.2, 0.25) is 0 Å². The molecule has 0 saturated carbocycles. The molecule has 0 atom stereocenters. The number of hydrogen-bond donors (Lipinski definition) is 1. The summed E-state index contributed by atoms with van der Waals surface area (Å²) in [5, 5.41) is 16.5. The predicted octanol–water partition coefficient (Wildman–Crippen LogP) is 2.40. The first-order valence-electron chi connectivity index (χ1n) is 5.61. The molecule has 1 heterocycles. The highest BCUT2D eigenvalue weighted by atomic mass is 19.1. The van der Waals surface area contributed by atoms with E-state index in [0.29, 0.717) is 5.52 Å². The van der Waals surface area contributed by atoms with E-state index in [2.05, 4.69) is 10.3 Å². The quantitative estimate of drug-likeness (QED) is 0.779. The minimum atomic E-state index is -1.15. The van der Waals surface area contributed by atoms with Crippen LogP contribution in [0.3, 0.4) is 0 Å². The number of carboxylic acids is 1. The van der Waals surface area contributed by atoms with Crippen LogP contribution in [0, 0.1) is 11.6 Å². The first-order chi connectivity index (χ1) is 9.58. The standard InChI is InChI=1S/C13H7F2N3O2/c14-7-4-5-10(9(15)6-7)18-11-3-1-2-8(13(19)20)12(11)16-17-18/h1-6H,(H,19,20). The Morgan fingerprint density at radius 2 is 2.00 bits per heavy atom. The van der Waals surface area contributed by atoms with Crippen LogP contribution < -0.4 is 0 Å². The largest absolute Gasteiger partial charge is 0.478 e. The Morgan fingerprint density at radius 3 is 2.70 bits per heavy atom. The van der Waals surface area contributed by atoms with E-state index in [-0.39, 0.29) is 16.8 Å². The molecule has 0 unspecified atom stereocenters. The maximum atomic E-state index is 13.8. The van der Waals surface area contributed by atoms with Gasteiger partial charge < -0.3 is 5.11 Å². The smallest absolute Gasteiger partial charge is 0.338 e. The lowest BCUT2D eigenvalue weighted by Crippen LogP contribution is -2.01. The average molecular weight is 275 g/mol. The summed E-state index contributed by atoms with van der Waals surface area (Å²) in [6.07, 6.45) is 0. The van der Waals surface area contributed by atoms with Crippen molar-refractivity contribution in [2.45, 2.75) is 0 Å². The Balaban J connectivity index is 2.28. The molecule has 0 aliphatic rings. The number of aromatic carboxylic acids is 1. The SMILES string of the molecule is O=C(O)c1cccc2c1nnn2-c1ccc(F)cc1F. The third kappa shape index (κ3) is 1.80. The van der Waals surface area contributed by atoms with Gasteiger partial charge in [-0.25, -0.2) is 18.3 Å². The summed E-state index contributed by atoms with van der Waals surface area (Å²) in [5.41, 5.74) is 0.437. The van der Waals surface area contributed by atoms with Gasteiger partial charge in [-0.05, 0) is 24.3 Å². The monoisotopic (exact) mass is 275 g/mol. The predicted molar refractivity (Wildman–Crippen MR) is 65.7 cm³/mol. The highest BCUT2D eigenvalue weighted by molar-refractivity contribution is 6.00. The van der Waals surface area contributed by atoms with Crippen LogP contribution in [-0.4, -0.2) is 26.1 Å². The zero-order valence-corrected chi connectivity index (χ0v) is 9.92. The molecule has 100 valence electrons. The minimum Gasteiger partial charge on any atom is -0.478 e. The van der Waals surface area contributed by atoms with E-state index < -0.39 is 17.6 Å². The Labute approximate surface area is 111 Å². The van der Waals surface area contributed by atoms with Crippen LogP contribution in [0.4, 0.5) is 8.78 Å². The molecule has 0 fully saturated rings. The van der Waals surface area contributed by atoms with E-state index in [1.807, 2.05) is 0 Å². The molecule has 0 saturated heterocycles. The van der Waals surface area contributed by atoms with Crippen LogP contribution in [0.1, 0.15) is 10.4 Å². The van der Waals surface area contributed by atoms with Gasteiger partial charge in [0.1, 0.15) is 17.0 Å². The second kappa shape index (κ2) is 4.37. The van der Waals surface area contributed by atoms with E-state index in [1.54, 1.807) is 6.07 Å². The van der Waals surface area contributed by atoms with Crippen molar-refractivity contribution in [2.24, 2.45) is 0 Å². The lowest BCUT2D eigenvalue weighted by atomic mass is 10.2. The number of carboxylic acid groups (broad SMARTS) is 1. The molecule has 5 nitrogen and oxygen atoms in total. The van der Waals surface area contributed by atoms with Gasteiger partial charge in [-0.3, -0.25) is 0 Å². The van der Waals surface area contributed by atoms with E-state index in [4.69, 9.17) is 5.11 Å². The van der Waals surface area contributed by atoms with Gasteiger partial charge in [0.15, 0.2) is 5.82 Å². The third-order valence-electron chi connectivity index (χ3n) is 2.85. The summed E-state index contributed by atoms with van der Waals surface area (Å²) in [5.74, 6) is -2.67. The summed E-state index contributed by atoms with van der Waals surface area (Å²) in [4.78, 5) is 11.1. The molecule has 1 N–H and O–H groups in total. The van der Waals surface area contributed by atoms with Gasteiger partial charge >= 0.3 is 5.97 Å². The zero-order valence-electron chi connectivity index (χ0n) is 9.92. The lowest BCUT2D eigenvalue weighted by Gasteiger charge is -2.04. The van der Waals surface area contributed by atoms with Crippen LogP contribution in [0.25, 0.3) is 16.7 Å². The number of benzene rings is 2. The van der Waals surface area contributed by atoms with E-state index in [1.165, 1.54) is 18.2 Å². The molecule has 2 aromatic carbocycles. The Morgan fingerprint density at radius 1 is 1.20 bits per heavy atom.